The first kappa shape index (κ1) is 18.3. The van der Waals surface area contributed by atoms with Crippen molar-refractivity contribution < 1.29 is 19.1 Å². The molecule has 1 aromatic rings. The maximum Gasteiger partial charge on any atom is 0.270 e. The standard InChI is InChI=1S/C19H24N6O4/c26-16-3-2-14(22-23-16)18(28)24-9-13-12(15-4-5-19(13,11-24)29-15)8-20-17(27)10-25-7-1-6-21-25/h1,6-7,12-13,15H,2-5,8-11H2,(H,20,27)(H,23,26)/t12-,13+,15+,19+/m0/s1. The summed E-state index contributed by atoms with van der Waals surface area (Å²) >= 11 is 0. The van der Waals surface area contributed by atoms with Crippen molar-refractivity contribution in [1.82, 2.24) is 25.4 Å². The van der Waals surface area contributed by atoms with Crippen LogP contribution in [0.5, 0.6) is 0 Å². The van der Waals surface area contributed by atoms with E-state index in [1.807, 2.05) is 0 Å². The van der Waals surface area contributed by atoms with Crippen molar-refractivity contribution in [1.29, 1.82) is 0 Å². The number of hydrogen-bond acceptors (Lipinski definition) is 6. The number of likely N-dealkylation sites (tertiary alicyclic amines) is 1. The fourth-order valence-corrected chi connectivity index (χ4v) is 5.26. The molecule has 0 aromatic carbocycles. The summed E-state index contributed by atoms with van der Waals surface area (Å²) in [5, 5.41) is 11.0. The lowest BCUT2D eigenvalue weighted by Gasteiger charge is -2.29. The van der Waals surface area contributed by atoms with Crippen LogP contribution in [0.25, 0.3) is 0 Å². The Kier molecular flexibility index (Phi) is 4.38. The summed E-state index contributed by atoms with van der Waals surface area (Å²) < 4.78 is 7.94. The minimum absolute atomic E-state index is 0.0799. The van der Waals surface area contributed by atoms with Gasteiger partial charge in [-0.05, 0) is 18.9 Å². The zero-order chi connectivity index (χ0) is 20.0. The van der Waals surface area contributed by atoms with Gasteiger partial charge in [0.1, 0.15) is 12.3 Å². The molecule has 10 heteroatoms. The van der Waals surface area contributed by atoms with Gasteiger partial charge in [0, 0.05) is 50.2 Å². The third-order valence-corrected chi connectivity index (χ3v) is 6.62. The molecule has 3 fully saturated rings. The van der Waals surface area contributed by atoms with Crippen molar-refractivity contribution in [2.24, 2.45) is 16.9 Å². The number of hydrogen-bond donors (Lipinski definition) is 2. The number of nitrogens with one attached hydrogen (secondary N) is 2. The second-order valence-corrected chi connectivity index (χ2v) is 8.32. The average Bonchev–Trinajstić information content (AvgIpc) is 3.47. The first-order valence-electron chi connectivity index (χ1n) is 10.1. The molecule has 3 saturated heterocycles. The lowest BCUT2D eigenvalue weighted by Crippen LogP contribution is -2.42. The molecule has 5 rings (SSSR count). The summed E-state index contributed by atoms with van der Waals surface area (Å²) in [4.78, 5) is 38.2. The quantitative estimate of drug-likeness (QED) is 0.676. The van der Waals surface area contributed by atoms with Gasteiger partial charge in [0.05, 0.1) is 18.2 Å². The highest BCUT2D eigenvalue weighted by Crippen LogP contribution is 2.54. The van der Waals surface area contributed by atoms with Gasteiger partial charge < -0.3 is 15.0 Å². The molecule has 0 unspecified atom stereocenters. The fraction of sp³-hybridized carbons (Fsp3) is 0.632. The van der Waals surface area contributed by atoms with E-state index in [2.05, 4.69) is 20.9 Å². The molecular weight excluding hydrogens is 376 g/mol. The molecule has 29 heavy (non-hydrogen) atoms. The predicted octanol–water partition coefficient (Wildman–Crippen LogP) is -0.729. The monoisotopic (exact) mass is 400 g/mol. The van der Waals surface area contributed by atoms with Crippen molar-refractivity contribution in [3.63, 3.8) is 0 Å². The van der Waals surface area contributed by atoms with Gasteiger partial charge in [-0.25, -0.2) is 5.43 Å². The second-order valence-electron chi connectivity index (χ2n) is 8.32. The van der Waals surface area contributed by atoms with Crippen molar-refractivity contribution in [2.75, 3.05) is 19.6 Å². The lowest BCUT2D eigenvalue weighted by atomic mass is 9.73. The summed E-state index contributed by atoms with van der Waals surface area (Å²) in [6.45, 7) is 1.88. The van der Waals surface area contributed by atoms with Gasteiger partial charge >= 0.3 is 0 Å². The third kappa shape index (κ3) is 3.21. The maximum absolute atomic E-state index is 12.9. The van der Waals surface area contributed by atoms with Gasteiger partial charge in [-0.15, -0.1) is 0 Å². The minimum atomic E-state index is -0.309. The number of fused-ring (bicyclic) bond motifs is 1. The molecule has 154 valence electrons. The zero-order valence-corrected chi connectivity index (χ0v) is 16.0. The maximum atomic E-state index is 12.9. The van der Waals surface area contributed by atoms with Crippen LogP contribution in [-0.2, 0) is 25.7 Å². The Morgan fingerprint density at radius 1 is 1.38 bits per heavy atom. The number of rotatable bonds is 5. The number of aromatic nitrogens is 2. The number of carbonyl (C=O) groups excluding carboxylic acids is 3. The van der Waals surface area contributed by atoms with E-state index in [-0.39, 0.29) is 54.2 Å². The van der Waals surface area contributed by atoms with E-state index in [0.29, 0.717) is 31.8 Å². The third-order valence-electron chi connectivity index (χ3n) is 6.62. The van der Waals surface area contributed by atoms with Crippen molar-refractivity contribution in [2.45, 2.75) is 43.9 Å². The molecule has 2 bridgehead atoms. The average molecular weight is 400 g/mol. The van der Waals surface area contributed by atoms with E-state index in [1.54, 1.807) is 28.0 Å². The minimum Gasteiger partial charge on any atom is -0.369 e. The fourth-order valence-electron chi connectivity index (χ4n) is 5.26. The Labute approximate surface area is 167 Å². The van der Waals surface area contributed by atoms with Crippen molar-refractivity contribution in [3.8, 4) is 0 Å². The van der Waals surface area contributed by atoms with Crippen molar-refractivity contribution >= 4 is 23.4 Å². The van der Waals surface area contributed by atoms with Gasteiger partial charge in [-0.1, -0.05) is 0 Å². The second kappa shape index (κ2) is 6.94. The van der Waals surface area contributed by atoms with E-state index < -0.39 is 0 Å². The highest BCUT2D eigenvalue weighted by Gasteiger charge is 2.63. The Balaban J connectivity index is 1.22. The lowest BCUT2D eigenvalue weighted by molar-refractivity contribution is -0.125. The molecule has 1 aromatic heterocycles. The number of carbonyl (C=O) groups is 3. The number of amides is 3. The van der Waals surface area contributed by atoms with Crippen LogP contribution in [0.3, 0.4) is 0 Å². The summed E-state index contributed by atoms with van der Waals surface area (Å²) in [7, 11) is 0. The van der Waals surface area contributed by atoms with Gasteiger partial charge in [0.2, 0.25) is 11.8 Å². The molecule has 5 heterocycles. The summed E-state index contributed by atoms with van der Waals surface area (Å²) in [5.41, 5.74) is 2.49. The Morgan fingerprint density at radius 2 is 2.28 bits per heavy atom. The molecule has 4 atom stereocenters. The Hall–Kier alpha value is -2.75. The molecule has 4 aliphatic rings. The highest BCUT2D eigenvalue weighted by atomic mass is 16.5. The molecule has 1 spiro atoms. The molecule has 0 saturated carbocycles. The van der Waals surface area contributed by atoms with Crippen molar-refractivity contribution in [3.05, 3.63) is 18.5 Å². The van der Waals surface area contributed by atoms with E-state index >= 15 is 0 Å². The topological polar surface area (TPSA) is 118 Å². The first-order chi connectivity index (χ1) is 14.0. The summed E-state index contributed by atoms with van der Waals surface area (Å²) in [6.07, 6.45) is 6.08. The van der Waals surface area contributed by atoms with Gasteiger partial charge in [-0.2, -0.15) is 10.2 Å². The molecule has 10 nitrogen and oxygen atoms in total. The molecule has 0 radical (unpaired) electrons. The predicted molar refractivity (Wildman–Crippen MR) is 100 cm³/mol. The molecule has 4 aliphatic heterocycles. The van der Waals surface area contributed by atoms with Crippen LogP contribution >= 0.6 is 0 Å². The zero-order valence-electron chi connectivity index (χ0n) is 16.0. The molecule has 3 amide bonds. The Bertz CT molecular complexity index is 868. The smallest absolute Gasteiger partial charge is 0.270 e. The van der Waals surface area contributed by atoms with E-state index in [1.165, 1.54) is 0 Å². The number of nitrogens with zero attached hydrogens (tertiary/aromatic N) is 4. The Morgan fingerprint density at radius 3 is 3.03 bits per heavy atom. The van der Waals surface area contributed by atoms with E-state index in [9.17, 15) is 14.4 Å². The van der Waals surface area contributed by atoms with Crippen LogP contribution in [0.2, 0.25) is 0 Å². The normalized spacial score (nSPS) is 32.7. The SMILES string of the molecule is O=C(Cn1cccn1)NC[C@H]1[C@H]2CN(C(=O)C3=NNC(=O)CC3)C[C@]23CC[C@H]1O3. The van der Waals surface area contributed by atoms with Gasteiger partial charge in [0.25, 0.3) is 5.91 Å². The largest absolute Gasteiger partial charge is 0.369 e. The molecule has 0 aliphatic carbocycles. The van der Waals surface area contributed by atoms with Crippen LogP contribution in [0.4, 0.5) is 0 Å². The van der Waals surface area contributed by atoms with Gasteiger partial charge in [0.15, 0.2) is 0 Å². The van der Waals surface area contributed by atoms with Crippen LogP contribution in [0.1, 0.15) is 25.7 Å². The number of hydrazone groups is 1. The first-order valence-corrected chi connectivity index (χ1v) is 10.1. The number of ether oxygens (including phenoxy) is 1. The van der Waals surface area contributed by atoms with Crippen LogP contribution in [-0.4, -0.2) is 69.5 Å². The summed E-state index contributed by atoms with van der Waals surface area (Å²) in [6, 6.07) is 1.78. The van der Waals surface area contributed by atoms with E-state index in [0.717, 1.165) is 12.8 Å². The van der Waals surface area contributed by atoms with Crippen LogP contribution in [0, 0.1) is 11.8 Å². The summed E-state index contributed by atoms with van der Waals surface area (Å²) in [5.74, 6) is 0.0301. The molecular formula is C19H24N6O4. The van der Waals surface area contributed by atoms with Crippen LogP contribution in [0.15, 0.2) is 23.6 Å². The van der Waals surface area contributed by atoms with Gasteiger partial charge in [-0.3, -0.25) is 19.1 Å². The van der Waals surface area contributed by atoms with E-state index in [4.69, 9.17) is 4.74 Å². The highest BCUT2D eigenvalue weighted by molar-refractivity contribution is 6.39. The molecule has 2 N–H and O–H groups in total. The van der Waals surface area contributed by atoms with Crippen LogP contribution < -0.4 is 10.7 Å².